The number of H-pyrrole nitrogens is 1. The number of carbonyl (C=O) groups excluding carboxylic acids is 1. The Morgan fingerprint density at radius 2 is 1.84 bits per heavy atom. The molecule has 0 bridgehead atoms. The third kappa shape index (κ3) is 2.84. The van der Waals surface area contributed by atoms with Crippen LogP contribution in [0.5, 0.6) is 0 Å². The van der Waals surface area contributed by atoms with Crippen LogP contribution in [-0.2, 0) is 23.3 Å². The first-order valence-corrected chi connectivity index (χ1v) is 10.9. The summed E-state index contributed by atoms with van der Waals surface area (Å²) >= 11 is 0. The van der Waals surface area contributed by atoms with Crippen LogP contribution < -0.4 is 11.1 Å². The van der Waals surface area contributed by atoms with Gasteiger partial charge in [-0.2, -0.15) is 0 Å². The number of benzene rings is 2. The van der Waals surface area contributed by atoms with E-state index in [2.05, 4.69) is 34.6 Å². The summed E-state index contributed by atoms with van der Waals surface area (Å²) in [5.74, 6) is -0.532. The number of likely N-dealkylation sites (tertiary alicyclic amines) is 1. The first-order valence-electron chi connectivity index (χ1n) is 10.9. The summed E-state index contributed by atoms with van der Waals surface area (Å²) in [4.78, 5) is 30.8. The molecule has 4 aromatic rings. The maximum Gasteiger partial charge on any atom is 0.420 e. The summed E-state index contributed by atoms with van der Waals surface area (Å²) in [7, 11) is 0. The molecule has 1 amide bonds. The maximum atomic E-state index is 13.0. The summed E-state index contributed by atoms with van der Waals surface area (Å²) in [6, 6.07) is 15.7. The van der Waals surface area contributed by atoms with Gasteiger partial charge in [0.1, 0.15) is 6.54 Å². The first kappa shape index (κ1) is 18.4. The molecule has 4 heterocycles. The number of aromatic amines is 1. The van der Waals surface area contributed by atoms with Crippen molar-refractivity contribution in [3.05, 3.63) is 70.3 Å². The number of carbonyl (C=O) groups is 1. The summed E-state index contributed by atoms with van der Waals surface area (Å²) in [6.45, 7) is 2.27. The van der Waals surface area contributed by atoms with E-state index in [1.54, 1.807) is 6.07 Å². The molecule has 1 spiro atoms. The molecule has 0 aliphatic carbocycles. The van der Waals surface area contributed by atoms with Gasteiger partial charge in [-0.3, -0.25) is 9.36 Å². The van der Waals surface area contributed by atoms with Crippen LogP contribution >= 0.6 is 0 Å². The van der Waals surface area contributed by atoms with Gasteiger partial charge in [-0.05, 0) is 43.0 Å². The average molecular weight is 416 g/mol. The zero-order valence-electron chi connectivity index (χ0n) is 17.2. The molecule has 0 unspecified atom stereocenters. The Balaban J connectivity index is 1.23. The first-order chi connectivity index (χ1) is 15.1. The van der Waals surface area contributed by atoms with Crippen LogP contribution in [0.25, 0.3) is 22.0 Å². The van der Waals surface area contributed by atoms with Gasteiger partial charge in [0.15, 0.2) is 5.58 Å². The van der Waals surface area contributed by atoms with Crippen LogP contribution in [0.1, 0.15) is 24.1 Å². The molecular weight excluding hydrogens is 392 g/mol. The molecule has 2 aromatic carbocycles. The maximum absolute atomic E-state index is 13.0. The molecule has 0 saturated carbocycles. The van der Waals surface area contributed by atoms with Gasteiger partial charge >= 0.3 is 5.76 Å². The number of piperidine rings is 1. The van der Waals surface area contributed by atoms with Gasteiger partial charge in [-0.1, -0.05) is 30.3 Å². The second kappa shape index (κ2) is 6.85. The number of amides is 1. The molecule has 1 saturated heterocycles. The molecule has 7 nitrogen and oxygen atoms in total. The van der Waals surface area contributed by atoms with E-state index in [1.165, 1.54) is 26.7 Å². The normalized spacial score (nSPS) is 18.0. The molecule has 2 aliphatic rings. The molecule has 31 heavy (non-hydrogen) atoms. The van der Waals surface area contributed by atoms with E-state index in [9.17, 15) is 9.59 Å². The van der Waals surface area contributed by atoms with E-state index in [4.69, 9.17) is 4.42 Å². The minimum Gasteiger partial charge on any atom is -0.408 e. The van der Waals surface area contributed by atoms with Crippen LogP contribution in [0.15, 0.2) is 57.7 Å². The molecule has 6 rings (SSSR count). The van der Waals surface area contributed by atoms with Gasteiger partial charge in [0, 0.05) is 36.2 Å². The Hall–Kier alpha value is -3.32. The third-order valence-corrected chi connectivity index (χ3v) is 6.97. The van der Waals surface area contributed by atoms with Crippen molar-refractivity contribution in [3.63, 3.8) is 0 Å². The SMILES string of the molecule is O=C(Cn1c(=O)oc2ccccc21)N1CCC2(CC1)NCCc1c2[nH]c2ccccc12. The van der Waals surface area contributed by atoms with Gasteiger partial charge in [-0.15, -0.1) is 0 Å². The van der Waals surface area contributed by atoms with Gasteiger partial charge in [0.25, 0.3) is 0 Å². The zero-order valence-corrected chi connectivity index (χ0v) is 17.2. The van der Waals surface area contributed by atoms with Crippen LogP contribution in [-0.4, -0.2) is 40.0 Å². The van der Waals surface area contributed by atoms with Crippen LogP contribution in [0, 0.1) is 0 Å². The third-order valence-electron chi connectivity index (χ3n) is 6.97. The monoisotopic (exact) mass is 416 g/mol. The Bertz CT molecular complexity index is 1350. The molecule has 2 aromatic heterocycles. The van der Waals surface area contributed by atoms with Crippen molar-refractivity contribution in [1.29, 1.82) is 0 Å². The van der Waals surface area contributed by atoms with E-state index in [1.807, 2.05) is 23.1 Å². The Labute approximate surface area is 178 Å². The van der Waals surface area contributed by atoms with Crippen molar-refractivity contribution < 1.29 is 9.21 Å². The summed E-state index contributed by atoms with van der Waals surface area (Å²) in [5.41, 5.74) is 4.92. The number of nitrogens with zero attached hydrogens (tertiary/aromatic N) is 2. The summed E-state index contributed by atoms with van der Waals surface area (Å²) in [5, 5.41) is 5.06. The molecule has 2 N–H and O–H groups in total. The number of aromatic nitrogens is 2. The lowest BCUT2D eigenvalue weighted by molar-refractivity contribution is -0.133. The zero-order chi connectivity index (χ0) is 21.0. The quantitative estimate of drug-likeness (QED) is 0.526. The fourth-order valence-electron chi connectivity index (χ4n) is 5.35. The van der Waals surface area contributed by atoms with Crippen LogP contribution in [0.2, 0.25) is 0 Å². The van der Waals surface area contributed by atoms with Crippen molar-refractivity contribution in [2.24, 2.45) is 0 Å². The van der Waals surface area contributed by atoms with Crippen molar-refractivity contribution in [3.8, 4) is 0 Å². The van der Waals surface area contributed by atoms with Crippen molar-refractivity contribution in [2.45, 2.75) is 31.3 Å². The number of rotatable bonds is 2. The molecule has 7 heteroatoms. The molecule has 2 aliphatic heterocycles. The average Bonchev–Trinajstić information content (AvgIpc) is 3.33. The predicted molar refractivity (Wildman–Crippen MR) is 118 cm³/mol. The lowest BCUT2D eigenvalue weighted by Gasteiger charge is -2.44. The number of nitrogens with one attached hydrogen (secondary N) is 2. The minimum atomic E-state index is -0.486. The smallest absolute Gasteiger partial charge is 0.408 e. The van der Waals surface area contributed by atoms with E-state index in [0.29, 0.717) is 24.2 Å². The lowest BCUT2D eigenvalue weighted by Crippen LogP contribution is -2.55. The second-order valence-electron chi connectivity index (χ2n) is 8.59. The highest BCUT2D eigenvalue weighted by Gasteiger charge is 2.42. The molecule has 158 valence electrons. The topological polar surface area (TPSA) is 83.3 Å². The van der Waals surface area contributed by atoms with E-state index >= 15 is 0 Å². The van der Waals surface area contributed by atoms with Gasteiger partial charge < -0.3 is 19.6 Å². The summed E-state index contributed by atoms with van der Waals surface area (Å²) in [6.07, 6.45) is 2.71. The second-order valence-corrected chi connectivity index (χ2v) is 8.59. The number of hydrogen-bond acceptors (Lipinski definition) is 4. The number of hydrogen-bond donors (Lipinski definition) is 2. The van der Waals surface area contributed by atoms with Gasteiger partial charge in [0.2, 0.25) is 5.91 Å². The van der Waals surface area contributed by atoms with Gasteiger partial charge in [0.05, 0.1) is 11.1 Å². The highest BCUT2D eigenvalue weighted by atomic mass is 16.4. The van der Waals surface area contributed by atoms with Crippen molar-refractivity contribution in [1.82, 2.24) is 19.8 Å². The number of fused-ring (bicyclic) bond motifs is 5. The van der Waals surface area contributed by atoms with E-state index in [0.717, 1.165) is 25.8 Å². The van der Waals surface area contributed by atoms with E-state index < -0.39 is 5.76 Å². The molecule has 0 atom stereocenters. The Morgan fingerprint density at radius 1 is 1.06 bits per heavy atom. The summed E-state index contributed by atoms with van der Waals surface area (Å²) < 4.78 is 6.69. The highest BCUT2D eigenvalue weighted by molar-refractivity contribution is 5.85. The fourth-order valence-corrected chi connectivity index (χ4v) is 5.35. The van der Waals surface area contributed by atoms with Crippen molar-refractivity contribution in [2.75, 3.05) is 19.6 Å². The number of oxazole rings is 1. The Kier molecular flexibility index (Phi) is 4.08. The molecular formula is C24H24N4O3. The van der Waals surface area contributed by atoms with Gasteiger partial charge in [-0.25, -0.2) is 4.79 Å². The standard InChI is InChI=1S/C24H24N4O3/c29-21(15-28-19-7-3-4-8-20(19)31-23(28)30)27-13-10-24(11-14-27)22-17(9-12-25-24)16-5-1-2-6-18(16)26-22/h1-8,25-26H,9-15H2. The molecule has 1 fully saturated rings. The molecule has 0 radical (unpaired) electrons. The minimum absolute atomic E-state index is 0.00785. The van der Waals surface area contributed by atoms with Crippen LogP contribution in [0.4, 0.5) is 0 Å². The highest BCUT2D eigenvalue weighted by Crippen LogP contribution is 2.40. The van der Waals surface area contributed by atoms with Crippen LogP contribution in [0.3, 0.4) is 0 Å². The van der Waals surface area contributed by atoms with Crippen molar-refractivity contribution >= 4 is 27.9 Å². The largest absolute Gasteiger partial charge is 0.420 e. The predicted octanol–water partition coefficient (Wildman–Crippen LogP) is 2.74. The lowest BCUT2D eigenvalue weighted by atomic mass is 9.79. The number of para-hydroxylation sites is 3. The fraction of sp³-hybridized carbons (Fsp3) is 0.333. The van der Waals surface area contributed by atoms with E-state index in [-0.39, 0.29) is 18.0 Å². The Morgan fingerprint density at radius 3 is 2.71 bits per heavy atom.